The number of hydrogen-bond acceptors (Lipinski definition) is 4. The summed E-state index contributed by atoms with van der Waals surface area (Å²) >= 11 is 0. The Morgan fingerprint density at radius 1 is 1.24 bits per heavy atom. The number of carboxylic acids is 1. The maximum atomic E-state index is 12.5. The van der Waals surface area contributed by atoms with Crippen LogP contribution < -0.4 is 0 Å². The zero-order chi connectivity index (χ0) is 18.8. The Kier molecular flexibility index (Phi) is 5.76. The number of alkyl halides is 2. The molecule has 2 unspecified atom stereocenters. The van der Waals surface area contributed by atoms with Gasteiger partial charge in [-0.3, -0.25) is 9.59 Å². The average Bonchev–Trinajstić information content (AvgIpc) is 2.53. The Labute approximate surface area is 144 Å². The molecule has 0 aromatic heterocycles. The van der Waals surface area contributed by atoms with Gasteiger partial charge in [0.15, 0.2) is 0 Å². The van der Waals surface area contributed by atoms with Gasteiger partial charge >= 0.3 is 11.7 Å². The third-order valence-electron chi connectivity index (χ3n) is 4.14. The Bertz CT molecular complexity index is 748. The van der Waals surface area contributed by atoms with E-state index in [1.807, 2.05) is 6.92 Å². The highest BCUT2D eigenvalue weighted by Gasteiger charge is 2.32. The lowest BCUT2D eigenvalue weighted by Crippen LogP contribution is -2.45. The van der Waals surface area contributed by atoms with Crippen LogP contribution in [0, 0.1) is 11.8 Å². The van der Waals surface area contributed by atoms with E-state index in [9.17, 15) is 26.8 Å². The lowest BCUT2D eigenvalue weighted by Gasteiger charge is -2.34. The van der Waals surface area contributed by atoms with E-state index in [-0.39, 0.29) is 29.5 Å². The smallest absolute Gasteiger partial charge is 0.337 e. The molecule has 0 aliphatic carbocycles. The first-order valence-corrected chi connectivity index (χ1v) is 9.42. The highest BCUT2D eigenvalue weighted by atomic mass is 32.2. The van der Waals surface area contributed by atoms with Gasteiger partial charge in [0, 0.05) is 18.7 Å². The zero-order valence-electron chi connectivity index (χ0n) is 13.6. The molecule has 1 aromatic rings. The molecule has 0 saturated carbocycles. The number of likely N-dealkylation sites (tertiary alicyclic amines) is 1. The van der Waals surface area contributed by atoms with Crippen molar-refractivity contribution in [3.05, 3.63) is 35.4 Å². The second-order valence-electron chi connectivity index (χ2n) is 6.35. The summed E-state index contributed by atoms with van der Waals surface area (Å²) in [4.78, 5) is 25.2. The summed E-state index contributed by atoms with van der Waals surface area (Å²) in [6, 6.07) is 5.37. The van der Waals surface area contributed by atoms with E-state index < -0.39 is 33.2 Å². The Morgan fingerprint density at radius 3 is 2.36 bits per heavy atom. The molecule has 0 spiro atoms. The SMILES string of the molecule is CC1CC(C(=O)O)CN(C(=O)c2ccc(CS(=O)(=O)C(F)F)cc2)C1. The summed E-state index contributed by atoms with van der Waals surface area (Å²) in [6.45, 7) is 2.41. The number of carbonyl (C=O) groups is 2. The third-order valence-corrected chi connectivity index (χ3v) is 5.42. The summed E-state index contributed by atoms with van der Waals surface area (Å²) in [5.74, 6) is -6.13. The second kappa shape index (κ2) is 7.47. The van der Waals surface area contributed by atoms with Crippen LogP contribution >= 0.6 is 0 Å². The Balaban J connectivity index is 2.11. The molecular weight excluding hydrogens is 356 g/mol. The van der Waals surface area contributed by atoms with E-state index in [0.717, 1.165) is 0 Å². The summed E-state index contributed by atoms with van der Waals surface area (Å²) in [6.07, 6.45) is 0.504. The maximum Gasteiger partial charge on any atom is 0.337 e. The van der Waals surface area contributed by atoms with Crippen molar-refractivity contribution in [3.63, 3.8) is 0 Å². The van der Waals surface area contributed by atoms with Crippen molar-refractivity contribution in [1.29, 1.82) is 0 Å². The van der Waals surface area contributed by atoms with Crippen molar-refractivity contribution >= 4 is 21.7 Å². The van der Waals surface area contributed by atoms with E-state index in [0.29, 0.717) is 13.0 Å². The molecule has 1 aliphatic rings. The molecule has 1 aromatic carbocycles. The predicted octanol–water partition coefficient (Wildman–Crippen LogP) is 2.01. The highest BCUT2D eigenvalue weighted by Crippen LogP contribution is 2.23. The molecule has 9 heteroatoms. The molecule has 1 N–H and O–H groups in total. The molecule has 1 heterocycles. The molecule has 6 nitrogen and oxygen atoms in total. The number of halogens is 2. The molecule has 138 valence electrons. The molecule has 2 rings (SSSR count). The molecule has 25 heavy (non-hydrogen) atoms. The minimum Gasteiger partial charge on any atom is -0.481 e. The summed E-state index contributed by atoms with van der Waals surface area (Å²) < 4.78 is 47.2. The van der Waals surface area contributed by atoms with Crippen LogP contribution in [0.15, 0.2) is 24.3 Å². The van der Waals surface area contributed by atoms with Gasteiger partial charge in [-0.2, -0.15) is 8.78 Å². The van der Waals surface area contributed by atoms with E-state index in [4.69, 9.17) is 5.11 Å². The van der Waals surface area contributed by atoms with Crippen LogP contribution in [0.2, 0.25) is 0 Å². The number of piperidine rings is 1. The van der Waals surface area contributed by atoms with Crippen molar-refractivity contribution in [2.75, 3.05) is 13.1 Å². The number of benzene rings is 1. The molecule has 1 amide bonds. The molecule has 1 saturated heterocycles. The number of carboxylic acid groups (broad SMARTS) is 1. The molecule has 1 fully saturated rings. The number of amides is 1. The van der Waals surface area contributed by atoms with Gasteiger partial charge in [0.05, 0.1) is 11.7 Å². The fourth-order valence-corrected chi connectivity index (χ4v) is 3.70. The largest absolute Gasteiger partial charge is 0.481 e. The fraction of sp³-hybridized carbons (Fsp3) is 0.500. The number of aliphatic carboxylic acids is 1. The standard InChI is InChI=1S/C16H19F2NO5S/c1-10-6-13(15(21)22)8-19(7-10)14(20)12-4-2-11(3-5-12)9-25(23,24)16(17)18/h2-5,10,13,16H,6-9H2,1H3,(H,21,22). The van der Waals surface area contributed by atoms with Gasteiger partial charge in [-0.05, 0) is 30.0 Å². The van der Waals surface area contributed by atoms with Gasteiger partial charge in [-0.1, -0.05) is 19.1 Å². The number of rotatable bonds is 5. The fourth-order valence-electron chi connectivity index (χ4n) is 2.92. The monoisotopic (exact) mass is 375 g/mol. The third kappa shape index (κ3) is 4.75. The van der Waals surface area contributed by atoms with Crippen LogP contribution in [-0.4, -0.2) is 49.1 Å². The van der Waals surface area contributed by atoms with Crippen molar-refractivity contribution in [2.24, 2.45) is 11.8 Å². The van der Waals surface area contributed by atoms with Gasteiger partial charge in [-0.25, -0.2) is 8.42 Å². The van der Waals surface area contributed by atoms with Crippen molar-refractivity contribution in [1.82, 2.24) is 4.90 Å². The first-order valence-electron chi connectivity index (χ1n) is 7.71. The molecule has 0 bridgehead atoms. The van der Waals surface area contributed by atoms with E-state index in [1.54, 1.807) is 0 Å². The summed E-state index contributed by atoms with van der Waals surface area (Å²) in [5, 5.41) is 9.16. The number of nitrogens with zero attached hydrogens (tertiary/aromatic N) is 1. The zero-order valence-corrected chi connectivity index (χ0v) is 14.4. The van der Waals surface area contributed by atoms with E-state index >= 15 is 0 Å². The van der Waals surface area contributed by atoms with Gasteiger partial charge in [-0.15, -0.1) is 0 Å². The van der Waals surface area contributed by atoms with E-state index in [1.165, 1.54) is 29.2 Å². The van der Waals surface area contributed by atoms with Crippen LogP contribution in [0.5, 0.6) is 0 Å². The number of carbonyl (C=O) groups excluding carboxylic acids is 1. The Morgan fingerprint density at radius 2 is 1.84 bits per heavy atom. The molecule has 1 aliphatic heterocycles. The van der Waals surface area contributed by atoms with E-state index in [2.05, 4.69) is 0 Å². The summed E-state index contributed by atoms with van der Waals surface area (Å²) in [7, 11) is -4.52. The quantitative estimate of drug-likeness (QED) is 0.850. The van der Waals surface area contributed by atoms with Crippen LogP contribution in [-0.2, 0) is 20.4 Å². The van der Waals surface area contributed by atoms with Crippen molar-refractivity contribution in [3.8, 4) is 0 Å². The van der Waals surface area contributed by atoms with Gasteiger partial charge in [0.2, 0.25) is 9.84 Å². The molecule has 0 radical (unpaired) electrons. The molecular formula is C16H19F2NO5S. The normalized spacial score (nSPS) is 21.4. The maximum absolute atomic E-state index is 12.5. The second-order valence-corrected chi connectivity index (χ2v) is 8.32. The minimum atomic E-state index is -4.52. The highest BCUT2D eigenvalue weighted by molar-refractivity contribution is 7.90. The summed E-state index contributed by atoms with van der Waals surface area (Å²) in [5.41, 5.74) is 0.420. The molecule has 2 atom stereocenters. The van der Waals surface area contributed by atoms with Crippen LogP contribution in [0.3, 0.4) is 0 Å². The van der Waals surface area contributed by atoms with Gasteiger partial charge in [0.1, 0.15) is 0 Å². The minimum absolute atomic E-state index is 0.0502. The number of sulfone groups is 1. The topological polar surface area (TPSA) is 91.8 Å². The van der Waals surface area contributed by atoms with Crippen molar-refractivity contribution in [2.45, 2.75) is 24.9 Å². The van der Waals surface area contributed by atoms with Gasteiger partial charge < -0.3 is 10.0 Å². The first-order chi connectivity index (χ1) is 11.6. The number of hydrogen-bond donors (Lipinski definition) is 1. The van der Waals surface area contributed by atoms with Crippen LogP contribution in [0.25, 0.3) is 0 Å². The predicted molar refractivity (Wildman–Crippen MR) is 85.9 cm³/mol. The lowest BCUT2D eigenvalue weighted by atomic mass is 9.90. The van der Waals surface area contributed by atoms with Crippen LogP contribution in [0.4, 0.5) is 8.78 Å². The lowest BCUT2D eigenvalue weighted by molar-refractivity contribution is -0.143. The van der Waals surface area contributed by atoms with Crippen molar-refractivity contribution < 1.29 is 31.9 Å². The first kappa shape index (κ1) is 19.3. The average molecular weight is 375 g/mol. The van der Waals surface area contributed by atoms with Crippen LogP contribution in [0.1, 0.15) is 29.3 Å². The Hall–Kier alpha value is -2.03. The van der Waals surface area contributed by atoms with Gasteiger partial charge in [0.25, 0.3) is 5.91 Å².